The van der Waals surface area contributed by atoms with Crippen LogP contribution in [0.25, 0.3) is 16.7 Å². The van der Waals surface area contributed by atoms with Crippen molar-refractivity contribution in [3.8, 4) is 11.5 Å². The molecule has 5 aromatic rings. The molecule has 0 aliphatic carbocycles. The molecule has 6 rings (SSSR count). The molecule has 0 spiro atoms. The summed E-state index contributed by atoms with van der Waals surface area (Å²) in [6, 6.07) is 13.2. The number of amides is 1. The number of aromatic nitrogens is 6. The number of hydrogen-bond donors (Lipinski definition) is 1. The summed E-state index contributed by atoms with van der Waals surface area (Å²) < 4.78 is 7.78. The molecule has 1 amide bonds. The predicted molar refractivity (Wildman–Crippen MR) is 153 cm³/mol. The van der Waals surface area contributed by atoms with Gasteiger partial charge in [-0.05, 0) is 63.0 Å². The molecule has 11 nitrogen and oxygen atoms in total. The van der Waals surface area contributed by atoms with E-state index in [0.29, 0.717) is 47.2 Å². The van der Waals surface area contributed by atoms with Gasteiger partial charge in [-0.15, -0.1) is 0 Å². The molecule has 0 bridgehead atoms. The number of anilines is 3. The Bertz CT molecular complexity index is 1760. The van der Waals surface area contributed by atoms with Gasteiger partial charge in [0.25, 0.3) is 5.91 Å². The van der Waals surface area contributed by atoms with Crippen LogP contribution in [0.15, 0.2) is 73.0 Å². The molecule has 4 aromatic heterocycles. The number of hydrogen-bond acceptors (Lipinski definition) is 9. The molecule has 1 fully saturated rings. The second kappa shape index (κ2) is 10.3. The van der Waals surface area contributed by atoms with E-state index in [1.165, 1.54) is 12.7 Å². The van der Waals surface area contributed by atoms with Crippen LogP contribution >= 0.6 is 0 Å². The van der Waals surface area contributed by atoms with Crippen LogP contribution in [0.1, 0.15) is 12.5 Å². The van der Waals surface area contributed by atoms with Crippen molar-refractivity contribution in [2.75, 3.05) is 37.4 Å². The molecule has 1 aromatic carbocycles. The summed E-state index contributed by atoms with van der Waals surface area (Å²) in [6.45, 7) is 5.34. The lowest BCUT2D eigenvalue weighted by atomic mass is 10.0. The Hall–Kier alpha value is -4.90. The van der Waals surface area contributed by atoms with Crippen molar-refractivity contribution < 1.29 is 9.53 Å². The van der Waals surface area contributed by atoms with Crippen LogP contribution in [0.4, 0.5) is 17.3 Å². The van der Waals surface area contributed by atoms with E-state index < -0.39 is 0 Å². The third-order valence-corrected chi connectivity index (χ3v) is 6.82. The van der Waals surface area contributed by atoms with Gasteiger partial charge in [0.05, 0.1) is 5.52 Å². The van der Waals surface area contributed by atoms with Crippen molar-refractivity contribution in [3.63, 3.8) is 0 Å². The van der Waals surface area contributed by atoms with Crippen LogP contribution in [0.2, 0.25) is 0 Å². The van der Waals surface area contributed by atoms with E-state index >= 15 is 0 Å². The number of fused-ring (bicyclic) bond motifs is 2. The number of carbonyl (C=O) groups is 1. The minimum atomic E-state index is -0.0121. The zero-order valence-corrected chi connectivity index (χ0v) is 22.7. The molecule has 1 saturated heterocycles. The smallest absolute Gasteiger partial charge is 0.255 e. The lowest BCUT2D eigenvalue weighted by molar-refractivity contribution is -0.114. The molecule has 40 heavy (non-hydrogen) atoms. The highest BCUT2D eigenvalue weighted by molar-refractivity contribution is 6.08. The van der Waals surface area contributed by atoms with E-state index in [0.717, 1.165) is 22.6 Å². The van der Waals surface area contributed by atoms with Crippen LogP contribution in [0.3, 0.4) is 0 Å². The van der Waals surface area contributed by atoms with Crippen LogP contribution < -0.4 is 15.0 Å². The number of nitrogens with zero attached hydrogens (tertiary/aromatic N) is 8. The predicted octanol–water partition coefficient (Wildman–Crippen LogP) is 4.38. The molecule has 11 heteroatoms. The first-order valence-corrected chi connectivity index (χ1v) is 13.0. The highest BCUT2D eigenvalue weighted by Gasteiger charge is 2.34. The lowest BCUT2D eigenvalue weighted by Crippen LogP contribution is -2.26. The normalized spacial score (nSPS) is 16.5. The lowest BCUT2D eigenvalue weighted by Gasteiger charge is -2.16. The van der Waals surface area contributed by atoms with Gasteiger partial charge < -0.3 is 15.0 Å². The van der Waals surface area contributed by atoms with E-state index in [4.69, 9.17) is 9.72 Å². The minimum absolute atomic E-state index is 0.0121. The zero-order chi connectivity index (χ0) is 27.8. The first kappa shape index (κ1) is 25.4. The average Bonchev–Trinajstić information content (AvgIpc) is 3.52. The largest absolute Gasteiger partial charge is 0.457 e. The summed E-state index contributed by atoms with van der Waals surface area (Å²) in [5.74, 6) is 2.65. The van der Waals surface area contributed by atoms with Crippen LogP contribution in [0, 0.1) is 12.8 Å². The second-order valence-electron chi connectivity index (χ2n) is 10.1. The molecule has 0 radical (unpaired) electrons. The maximum Gasteiger partial charge on any atom is 0.255 e. The summed E-state index contributed by atoms with van der Waals surface area (Å²) >= 11 is 0. The van der Waals surface area contributed by atoms with Crippen molar-refractivity contribution in [1.82, 2.24) is 34.4 Å². The Morgan fingerprint density at radius 1 is 1.10 bits per heavy atom. The highest BCUT2D eigenvalue weighted by atomic mass is 16.5. The first-order valence-electron chi connectivity index (χ1n) is 13.0. The minimum Gasteiger partial charge on any atom is -0.457 e. The van der Waals surface area contributed by atoms with E-state index in [1.54, 1.807) is 9.42 Å². The molecule has 0 saturated carbocycles. The van der Waals surface area contributed by atoms with Crippen LogP contribution in [-0.4, -0.2) is 67.5 Å². The maximum absolute atomic E-state index is 13.2. The van der Waals surface area contributed by atoms with Gasteiger partial charge in [-0.25, -0.2) is 24.5 Å². The van der Waals surface area contributed by atoms with E-state index in [-0.39, 0.29) is 11.8 Å². The maximum atomic E-state index is 13.2. The number of rotatable bonds is 7. The van der Waals surface area contributed by atoms with Crippen molar-refractivity contribution >= 4 is 39.9 Å². The Morgan fingerprint density at radius 3 is 2.80 bits per heavy atom. The third-order valence-electron chi connectivity index (χ3n) is 6.82. The highest BCUT2D eigenvalue weighted by Crippen LogP contribution is 2.32. The Morgan fingerprint density at radius 2 is 1.98 bits per heavy atom. The third kappa shape index (κ3) is 4.94. The zero-order valence-electron chi connectivity index (χ0n) is 22.7. The quantitative estimate of drug-likeness (QED) is 0.303. The average molecular weight is 536 g/mol. The van der Waals surface area contributed by atoms with Crippen molar-refractivity contribution in [2.45, 2.75) is 13.8 Å². The van der Waals surface area contributed by atoms with Gasteiger partial charge in [-0.2, -0.15) is 5.10 Å². The van der Waals surface area contributed by atoms with E-state index in [1.807, 2.05) is 80.7 Å². The van der Waals surface area contributed by atoms with Crippen molar-refractivity contribution in [1.29, 1.82) is 0 Å². The van der Waals surface area contributed by atoms with Gasteiger partial charge in [0.15, 0.2) is 11.5 Å². The molecule has 1 aliphatic heterocycles. The monoisotopic (exact) mass is 535 g/mol. The van der Waals surface area contributed by atoms with Gasteiger partial charge >= 0.3 is 0 Å². The fourth-order valence-corrected chi connectivity index (χ4v) is 4.73. The van der Waals surface area contributed by atoms with Gasteiger partial charge in [0.2, 0.25) is 0 Å². The number of pyridine rings is 2. The summed E-state index contributed by atoms with van der Waals surface area (Å²) in [4.78, 5) is 34.9. The van der Waals surface area contributed by atoms with E-state index in [2.05, 4.69) is 32.3 Å². The molecule has 0 unspecified atom stereocenters. The first-order chi connectivity index (χ1) is 19.4. The summed E-state index contributed by atoms with van der Waals surface area (Å²) in [7, 11) is 3.97. The Balaban J connectivity index is 1.24. The molecule has 1 aliphatic rings. The number of likely N-dealkylation sites (N-methyl/N-ethyl adjacent to an activating group) is 1. The van der Waals surface area contributed by atoms with Crippen LogP contribution in [0.5, 0.6) is 11.5 Å². The fraction of sp³-hybridized carbons (Fsp3) is 0.241. The molecule has 202 valence electrons. The topological polar surface area (TPSA) is 114 Å². The molecule has 1 N–H and O–H groups in total. The number of ether oxygens (including phenoxy) is 1. The molecular weight excluding hydrogens is 506 g/mol. The van der Waals surface area contributed by atoms with Crippen molar-refractivity contribution in [2.24, 2.45) is 5.92 Å². The van der Waals surface area contributed by atoms with Gasteiger partial charge in [-0.3, -0.25) is 9.69 Å². The van der Waals surface area contributed by atoms with Gasteiger partial charge in [0.1, 0.15) is 35.5 Å². The second-order valence-corrected chi connectivity index (χ2v) is 10.1. The van der Waals surface area contributed by atoms with Crippen LogP contribution in [-0.2, 0) is 4.79 Å². The van der Waals surface area contributed by atoms with Gasteiger partial charge in [0, 0.05) is 42.5 Å². The Kier molecular flexibility index (Phi) is 6.56. The SMILES string of the molecule is Cc1cc(Nc2ncnc3ccc(N4C[C@H](C)/C(=C\CN(C)C)C4=O)nc23)ccc1Oc1ccn2ncnc2c1. The Labute approximate surface area is 231 Å². The number of nitrogens with one attached hydrogen (secondary N) is 1. The summed E-state index contributed by atoms with van der Waals surface area (Å²) in [5, 5.41) is 7.48. The molecular formula is C29H29N9O2. The molecule has 5 heterocycles. The van der Waals surface area contributed by atoms with Gasteiger partial charge in [-0.1, -0.05) is 13.0 Å². The summed E-state index contributed by atoms with van der Waals surface area (Å²) in [6.07, 6.45) is 6.82. The molecule has 1 atom stereocenters. The standard InChI is InChI=1S/C29H29N9O2/c1-18-13-20(5-7-24(18)40-21-9-12-38-26(14-21)31-17-33-38)34-28-27-23(30-16-32-28)6-8-25(35-27)37-15-19(2)22(29(37)39)10-11-36(3)4/h5-10,12-14,16-17,19H,11,15H2,1-4H3,(H,30,32,34)/b22-10+/t19-/m0/s1. The van der Waals surface area contributed by atoms with E-state index in [9.17, 15) is 4.79 Å². The van der Waals surface area contributed by atoms with Crippen molar-refractivity contribution in [3.05, 3.63) is 78.5 Å². The number of carbonyl (C=O) groups excluding carboxylic acids is 1. The fourth-order valence-electron chi connectivity index (χ4n) is 4.73. The number of benzene rings is 1. The number of aryl methyl sites for hydroxylation is 1. The summed E-state index contributed by atoms with van der Waals surface area (Å²) in [5.41, 5.74) is 4.56.